The van der Waals surface area contributed by atoms with Crippen molar-refractivity contribution in [1.29, 1.82) is 0 Å². The second kappa shape index (κ2) is 41.2. The van der Waals surface area contributed by atoms with E-state index in [2.05, 4.69) is 80.7 Å². The normalized spacial score (nSPS) is 18.1. The summed E-state index contributed by atoms with van der Waals surface area (Å²) in [7, 11) is 0. The van der Waals surface area contributed by atoms with E-state index in [4.69, 9.17) is 26.9 Å². The van der Waals surface area contributed by atoms with Gasteiger partial charge in [-0.05, 0) is 101 Å². The molecule has 0 saturated heterocycles. The van der Waals surface area contributed by atoms with Crippen molar-refractivity contribution < 1.29 is 30.0 Å². The highest BCUT2D eigenvalue weighted by Crippen LogP contribution is 2.41. The lowest BCUT2D eigenvalue weighted by atomic mass is 9.86. The number of aromatic carboxylic acids is 1. The molecule has 4 N–H and O–H groups in total. The van der Waals surface area contributed by atoms with Gasteiger partial charge in [-0.25, -0.2) is 4.79 Å². The van der Waals surface area contributed by atoms with Gasteiger partial charge in [-0.1, -0.05) is 150 Å². The van der Waals surface area contributed by atoms with Crippen LogP contribution < -0.4 is 0 Å². The number of halogens is 2. The zero-order valence-electron chi connectivity index (χ0n) is 34.1. The van der Waals surface area contributed by atoms with Gasteiger partial charge in [0.25, 0.3) is 0 Å². The molecule has 1 fully saturated rings. The number of allylic oxidation sites excluding steroid dienone is 6. The van der Waals surface area contributed by atoms with Crippen LogP contribution in [0.1, 0.15) is 171 Å². The summed E-state index contributed by atoms with van der Waals surface area (Å²) < 4.78 is 1.25. The van der Waals surface area contributed by atoms with Crippen LogP contribution >= 0.6 is 45.5 Å². The molecule has 6 nitrogen and oxygen atoms in total. The molecule has 0 unspecified atom stereocenters. The molecule has 1 aromatic heterocycles. The number of aliphatic carboxylic acids is 1. The van der Waals surface area contributed by atoms with E-state index < -0.39 is 11.9 Å². The molecule has 0 radical (unpaired) electrons. The van der Waals surface area contributed by atoms with Gasteiger partial charge < -0.3 is 20.4 Å². The van der Waals surface area contributed by atoms with Crippen molar-refractivity contribution in [2.75, 3.05) is 11.0 Å². The van der Waals surface area contributed by atoms with Crippen LogP contribution in [-0.4, -0.2) is 54.9 Å². The third-order valence-corrected chi connectivity index (χ3v) is 11.2. The first-order valence-corrected chi connectivity index (χ1v) is 23.5. The number of carbonyl (C=O) groups is 2. The van der Waals surface area contributed by atoms with Crippen molar-refractivity contribution in [2.24, 2.45) is 11.8 Å². The first-order chi connectivity index (χ1) is 26.1. The number of rotatable bonds is 26. The maximum Gasteiger partial charge on any atom is 0.345 e. The maximum absolute atomic E-state index is 11.0. The largest absolute Gasteiger partial charge is 0.481 e. The van der Waals surface area contributed by atoms with E-state index in [1.807, 2.05) is 18.2 Å². The first-order valence-electron chi connectivity index (χ1n) is 20.8. The fourth-order valence-electron chi connectivity index (χ4n) is 5.80. The van der Waals surface area contributed by atoms with Crippen LogP contribution in [0, 0.1) is 11.8 Å². The standard InChI is InChI=1S/C21H31ClO3S.C8H15I.C8H14O2.C8H16O/c1-2-3-4-5-6-7-10-17-16(18(22)14-19(17)23)11-8-9-15-12-13-20(26-15)21(24)25;1-2-3-4-5-6-7-8-9;1-2-3-4-5-6-7-8(9)10;1-2-3-4-5-6-7-8-9/h5-6,12-13,16-19,23H,2-4,7-11,14H2,1H3,(H,24,25);5-6H,2-4,7-8H2,1H3;5-6H,2-4,7H2,1H3,(H,9,10);5-6,9H,2-4,7-8H2,1H3/b4*6-5+/t16-,17-,18-,19-;;;/m1.../s1. The number of aryl methyl sites for hydroxylation is 1. The van der Waals surface area contributed by atoms with E-state index in [0.29, 0.717) is 17.2 Å². The van der Waals surface area contributed by atoms with Crippen molar-refractivity contribution in [3.63, 3.8) is 0 Å². The van der Waals surface area contributed by atoms with E-state index in [9.17, 15) is 14.7 Å². The summed E-state index contributed by atoms with van der Waals surface area (Å²) in [6.45, 7) is 9.01. The molecule has 1 aromatic rings. The number of thiophene rings is 1. The van der Waals surface area contributed by atoms with Crippen molar-refractivity contribution in [1.82, 2.24) is 0 Å². The average molecular weight is 908 g/mol. The van der Waals surface area contributed by atoms with Gasteiger partial charge in [-0.3, -0.25) is 4.79 Å². The van der Waals surface area contributed by atoms with Gasteiger partial charge in [-0.2, -0.15) is 0 Å². The molecule has 54 heavy (non-hydrogen) atoms. The highest BCUT2D eigenvalue weighted by Gasteiger charge is 2.40. The number of hydrogen-bond acceptors (Lipinski definition) is 5. The number of unbranched alkanes of at least 4 members (excludes halogenated alkanes) is 8. The van der Waals surface area contributed by atoms with E-state index in [1.165, 1.54) is 67.1 Å². The smallest absolute Gasteiger partial charge is 0.345 e. The first kappa shape index (κ1) is 54.6. The molecule has 4 atom stereocenters. The van der Waals surface area contributed by atoms with Gasteiger partial charge in [0.05, 0.1) is 12.5 Å². The molecule has 2 rings (SSSR count). The Labute approximate surface area is 352 Å². The lowest BCUT2D eigenvalue weighted by molar-refractivity contribution is -0.136. The zero-order valence-corrected chi connectivity index (χ0v) is 37.8. The maximum atomic E-state index is 11.0. The van der Waals surface area contributed by atoms with Crippen molar-refractivity contribution in [3.8, 4) is 0 Å². The summed E-state index contributed by atoms with van der Waals surface area (Å²) in [6, 6.07) is 3.59. The SMILES string of the molecule is CCCC/C=C/CC(=O)O.CCCC/C=C/CCI.CCCC/C=C/CCO.CCCC/C=C/CC[C@@H]1[C@@H](CCCc2ccc(C(=O)O)s2)[C@H](Cl)C[C@H]1O. The fraction of sp³-hybridized carbons (Fsp3) is 0.689. The van der Waals surface area contributed by atoms with Crippen LogP contribution in [0.5, 0.6) is 0 Å². The van der Waals surface area contributed by atoms with Crippen molar-refractivity contribution in [3.05, 3.63) is 70.5 Å². The number of alkyl halides is 2. The Kier molecular flexibility index (Phi) is 41.7. The zero-order chi connectivity index (χ0) is 40.7. The molecule has 1 saturated carbocycles. The fourth-order valence-corrected chi connectivity index (χ4v) is 7.54. The van der Waals surface area contributed by atoms with Crippen LogP contribution in [0.25, 0.3) is 0 Å². The minimum Gasteiger partial charge on any atom is -0.481 e. The minimum atomic E-state index is -0.854. The van der Waals surface area contributed by atoms with Gasteiger partial charge in [0.1, 0.15) is 4.88 Å². The predicted molar refractivity (Wildman–Crippen MR) is 243 cm³/mol. The average Bonchev–Trinajstić information content (AvgIpc) is 3.74. The van der Waals surface area contributed by atoms with Crippen molar-refractivity contribution >= 4 is 57.5 Å². The molecule has 312 valence electrons. The topological polar surface area (TPSA) is 115 Å². The van der Waals surface area contributed by atoms with E-state index in [0.717, 1.165) is 75.5 Å². The number of carboxylic acids is 2. The van der Waals surface area contributed by atoms with E-state index in [-0.39, 0.29) is 30.4 Å². The molecule has 0 aromatic carbocycles. The molecule has 0 aliphatic heterocycles. The van der Waals surface area contributed by atoms with Gasteiger partial charge in [0.2, 0.25) is 0 Å². The second-order valence-corrected chi connectivity index (χ2v) is 16.5. The Hall–Kier alpha value is -1.46. The summed E-state index contributed by atoms with van der Waals surface area (Å²) in [5.41, 5.74) is 0. The molecular formula is C45H76ClIO6S. The summed E-state index contributed by atoms with van der Waals surface area (Å²) in [6.07, 6.45) is 38.9. The predicted octanol–water partition coefficient (Wildman–Crippen LogP) is 13.8. The van der Waals surface area contributed by atoms with Crippen LogP contribution in [0.4, 0.5) is 0 Å². The molecule has 0 spiro atoms. The lowest BCUT2D eigenvalue weighted by Crippen LogP contribution is -2.20. The summed E-state index contributed by atoms with van der Waals surface area (Å²) in [5.74, 6) is -0.971. The third-order valence-electron chi connectivity index (χ3n) is 8.90. The lowest BCUT2D eigenvalue weighted by Gasteiger charge is -2.23. The van der Waals surface area contributed by atoms with Gasteiger partial charge >= 0.3 is 11.9 Å². The summed E-state index contributed by atoms with van der Waals surface area (Å²) >= 11 is 10.3. The second-order valence-electron chi connectivity index (χ2n) is 13.7. The van der Waals surface area contributed by atoms with E-state index in [1.54, 1.807) is 12.1 Å². The van der Waals surface area contributed by atoms with Crippen LogP contribution in [0.15, 0.2) is 60.7 Å². The number of carboxylic acid groups (broad SMARTS) is 2. The molecular weight excluding hydrogens is 831 g/mol. The third kappa shape index (κ3) is 33.8. The molecule has 0 amide bonds. The van der Waals surface area contributed by atoms with Gasteiger partial charge in [0, 0.05) is 21.3 Å². The highest BCUT2D eigenvalue weighted by molar-refractivity contribution is 14.1. The minimum absolute atomic E-state index is 0.0528. The number of aliphatic hydroxyl groups is 2. The van der Waals surface area contributed by atoms with Crippen molar-refractivity contribution in [2.45, 2.75) is 174 Å². The van der Waals surface area contributed by atoms with Crippen LogP contribution in [0.2, 0.25) is 0 Å². The molecule has 9 heteroatoms. The number of hydrogen-bond donors (Lipinski definition) is 4. The number of aliphatic hydroxyl groups excluding tert-OH is 2. The Morgan fingerprint density at radius 2 is 1.22 bits per heavy atom. The Balaban J connectivity index is 0. The Morgan fingerprint density at radius 3 is 1.69 bits per heavy atom. The quantitative estimate of drug-likeness (QED) is 0.0319. The van der Waals surface area contributed by atoms with Gasteiger partial charge in [-0.15, -0.1) is 22.9 Å². The van der Waals surface area contributed by atoms with Crippen LogP contribution in [-0.2, 0) is 11.2 Å². The summed E-state index contributed by atoms with van der Waals surface area (Å²) in [4.78, 5) is 22.5. The Morgan fingerprint density at radius 1 is 0.722 bits per heavy atom. The molecule has 1 heterocycles. The molecule has 1 aliphatic carbocycles. The van der Waals surface area contributed by atoms with E-state index >= 15 is 0 Å². The monoisotopic (exact) mass is 906 g/mol. The summed E-state index contributed by atoms with van der Waals surface area (Å²) in [5, 5.41) is 36.0. The molecule has 1 aliphatic rings. The Bertz CT molecular complexity index is 1100. The van der Waals surface area contributed by atoms with Crippen LogP contribution in [0.3, 0.4) is 0 Å². The molecule has 0 bridgehead atoms. The highest BCUT2D eigenvalue weighted by atomic mass is 127. The van der Waals surface area contributed by atoms with Gasteiger partial charge in [0.15, 0.2) is 0 Å².